The van der Waals surface area contributed by atoms with E-state index in [0.717, 1.165) is 29.7 Å². The molecule has 0 aromatic heterocycles. The Morgan fingerprint density at radius 3 is 2.60 bits per heavy atom. The molecular weight excluding hydrogens is 429 g/mol. The Kier molecular flexibility index (Phi) is 10.9. The van der Waals surface area contributed by atoms with Crippen molar-refractivity contribution in [3.63, 3.8) is 0 Å². The number of para-hydroxylation sites is 1. The molecule has 0 saturated heterocycles. The highest BCUT2D eigenvalue weighted by Gasteiger charge is 2.18. The summed E-state index contributed by atoms with van der Waals surface area (Å²) in [5.41, 5.74) is 1.07. The lowest BCUT2D eigenvalue weighted by atomic mass is 9.87. The molecule has 0 atom stereocenters. The van der Waals surface area contributed by atoms with Crippen LogP contribution in [0.2, 0.25) is 0 Å². The predicted octanol–water partition coefficient (Wildman–Crippen LogP) is 3.57. The molecule has 1 aromatic rings. The number of ether oxygens (including phenoxy) is 2. The first-order chi connectivity index (χ1) is 11.7. The molecule has 1 aliphatic carbocycles. The van der Waals surface area contributed by atoms with E-state index in [9.17, 15) is 0 Å². The number of guanidine groups is 1. The Hall–Kier alpha value is -1.02. The minimum Gasteiger partial charge on any atom is -0.496 e. The molecule has 2 N–H and O–H groups in total. The van der Waals surface area contributed by atoms with Gasteiger partial charge < -0.3 is 20.1 Å². The third kappa shape index (κ3) is 7.81. The van der Waals surface area contributed by atoms with Crippen LogP contribution >= 0.6 is 24.0 Å². The van der Waals surface area contributed by atoms with Gasteiger partial charge in [-0.15, -0.1) is 24.0 Å². The van der Waals surface area contributed by atoms with Gasteiger partial charge >= 0.3 is 0 Å². The molecule has 0 unspecified atom stereocenters. The van der Waals surface area contributed by atoms with E-state index in [1.165, 1.54) is 25.7 Å². The summed E-state index contributed by atoms with van der Waals surface area (Å²) in [6, 6.07) is 8.48. The topological polar surface area (TPSA) is 54.9 Å². The summed E-state index contributed by atoms with van der Waals surface area (Å²) >= 11 is 0. The molecule has 25 heavy (non-hydrogen) atoms. The maximum Gasteiger partial charge on any atom is 0.191 e. The molecule has 5 nitrogen and oxygen atoms in total. The van der Waals surface area contributed by atoms with E-state index in [4.69, 9.17) is 9.47 Å². The largest absolute Gasteiger partial charge is 0.496 e. The highest BCUT2D eigenvalue weighted by molar-refractivity contribution is 14.0. The highest BCUT2D eigenvalue weighted by Crippen LogP contribution is 2.23. The molecule has 1 saturated carbocycles. The zero-order valence-corrected chi connectivity index (χ0v) is 17.9. The SMILES string of the molecule is CN=C(NCCOCc1ccccc1OC)NC1CCC(C)CC1.I. The molecule has 1 aliphatic rings. The third-order valence-electron chi connectivity index (χ3n) is 4.57. The van der Waals surface area contributed by atoms with Gasteiger partial charge in [-0.05, 0) is 37.7 Å². The highest BCUT2D eigenvalue weighted by atomic mass is 127. The molecule has 6 heteroatoms. The molecular formula is C19H32IN3O2. The number of methoxy groups -OCH3 is 1. The van der Waals surface area contributed by atoms with Crippen molar-refractivity contribution in [2.45, 2.75) is 45.3 Å². The lowest BCUT2D eigenvalue weighted by molar-refractivity contribution is 0.123. The Morgan fingerprint density at radius 1 is 1.20 bits per heavy atom. The van der Waals surface area contributed by atoms with Gasteiger partial charge in [-0.1, -0.05) is 25.1 Å². The Labute approximate surface area is 169 Å². The van der Waals surface area contributed by atoms with Crippen LogP contribution in [0.4, 0.5) is 0 Å². The number of hydrogen-bond donors (Lipinski definition) is 2. The number of rotatable bonds is 7. The van der Waals surface area contributed by atoms with Gasteiger partial charge in [0.1, 0.15) is 5.75 Å². The third-order valence-corrected chi connectivity index (χ3v) is 4.57. The fourth-order valence-corrected chi connectivity index (χ4v) is 3.04. The Balaban J connectivity index is 0.00000312. The lowest BCUT2D eigenvalue weighted by Crippen LogP contribution is -2.45. The van der Waals surface area contributed by atoms with Crippen molar-refractivity contribution >= 4 is 29.9 Å². The average Bonchev–Trinajstić information content (AvgIpc) is 2.62. The number of benzene rings is 1. The number of halogens is 1. The van der Waals surface area contributed by atoms with Crippen LogP contribution in [0.15, 0.2) is 29.3 Å². The molecule has 0 heterocycles. The minimum absolute atomic E-state index is 0. The standard InChI is InChI=1S/C19H31N3O2.HI/c1-15-8-10-17(11-9-15)22-19(20-2)21-12-13-24-14-16-6-4-5-7-18(16)23-3;/h4-7,15,17H,8-14H2,1-3H3,(H2,20,21,22);1H. The van der Waals surface area contributed by atoms with Gasteiger partial charge in [0.2, 0.25) is 0 Å². The van der Waals surface area contributed by atoms with Gasteiger partial charge in [-0.2, -0.15) is 0 Å². The van der Waals surface area contributed by atoms with Crippen LogP contribution in [0.25, 0.3) is 0 Å². The lowest BCUT2D eigenvalue weighted by Gasteiger charge is -2.28. The van der Waals surface area contributed by atoms with Gasteiger partial charge in [0.25, 0.3) is 0 Å². The summed E-state index contributed by atoms with van der Waals surface area (Å²) in [6.07, 6.45) is 5.06. The number of nitrogens with one attached hydrogen (secondary N) is 2. The summed E-state index contributed by atoms with van der Waals surface area (Å²) in [7, 11) is 3.50. The van der Waals surface area contributed by atoms with Gasteiger partial charge in [0.05, 0.1) is 20.3 Å². The summed E-state index contributed by atoms with van der Waals surface area (Å²) in [6.45, 7) is 4.25. The van der Waals surface area contributed by atoms with E-state index in [2.05, 4.69) is 22.5 Å². The normalized spacial score (nSPS) is 20.5. The van der Waals surface area contributed by atoms with E-state index < -0.39 is 0 Å². The maximum absolute atomic E-state index is 5.74. The summed E-state index contributed by atoms with van der Waals surface area (Å²) in [5.74, 6) is 2.60. The van der Waals surface area contributed by atoms with E-state index in [0.29, 0.717) is 19.3 Å². The van der Waals surface area contributed by atoms with E-state index in [1.54, 1.807) is 7.11 Å². The second-order valence-corrected chi connectivity index (χ2v) is 6.46. The monoisotopic (exact) mass is 461 g/mol. The Bertz CT molecular complexity index is 517. The zero-order chi connectivity index (χ0) is 17.2. The Morgan fingerprint density at radius 2 is 1.92 bits per heavy atom. The first kappa shape index (κ1) is 22.0. The quantitative estimate of drug-likeness (QED) is 0.282. The molecule has 2 rings (SSSR count). The van der Waals surface area contributed by atoms with Crippen LogP contribution in [-0.4, -0.2) is 39.3 Å². The van der Waals surface area contributed by atoms with Crippen LogP contribution in [-0.2, 0) is 11.3 Å². The van der Waals surface area contributed by atoms with Crippen molar-refractivity contribution in [3.8, 4) is 5.75 Å². The minimum atomic E-state index is 0. The fraction of sp³-hybridized carbons (Fsp3) is 0.632. The molecule has 142 valence electrons. The van der Waals surface area contributed by atoms with Crippen molar-refractivity contribution < 1.29 is 9.47 Å². The first-order valence-corrected chi connectivity index (χ1v) is 8.89. The number of nitrogens with zero attached hydrogens (tertiary/aromatic N) is 1. The second kappa shape index (κ2) is 12.4. The van der Waals surface area contributed by atoms with Crippen molar-refractivity contribution in [2.24, 2.45) is 10.9 Å². The zero-order valence-electron chi connectivity index (χ0n) is 15.6. The molecule has 0 spiro atoms. The molecule has 1 aromatic carbocycles. The molecule has 0 aliphatic heterocycles. The van der Waals surface area contributed by atoms with Crippen LogP contribution in [0.1, 0.15) is 38.2 Å². The average molecular weight is 461 g/mol. The molecule has 0 amide bonds. The van der Waals surface area contributed by atoms with Gasteiger partial charge in [-0.25, -0.2) is 0 Å². The summed E-state index contributed by atoms with van der Waals surface area (Å²) in [5, 5.41) is 6.84. The van der Waals surface area contributed by atoms with E-state index >= 15 is 0 Å². The smallest absolute Gasteiger partial charge is 0.191 e. The van der Waals surface area contributed by atoms with E-state index in [-0.39, 0.29) is 24.0 Å². The number of aliphatic imine (C=N–C) groups is 1. The van der Waals surface area contributed by atoms with Gasteiger partial charge in [0.15, 0.2) is 5.96 Å². The first-order valence-electron chi connectivity index (χ1n) is 8.89. The van der Waals surface area contributed by atoms with Crippen molar-refractivity contribution in [2.75, 3.05) is 27.3 Å². The summed E-state index contributed by atoms with van der Waals surface area (Å²) < 4.78 is 11.1. The molecule has 1 fully saturated rings. The molecule has 0 bridgehead atoms. The van der Waals surface area contributed by atoms with Crippen molar-refractivity contribution in [3.05, 3.63) is 29.8 Å². The summed E-state index contributed by atoms with van der Waals surface area (Å²) in [4.78, 5) is 4.30. The van der Waals surface area contributed by atoms with Gasteiger partial charge in [-0.3, -0.25) is 4.99 Å². The second-order valence-electron chi connectivity index (χ2n) is 6.46. The van der Waals surface area contributed by atoms with Crippen LogP contribution in [0, 0.1) is 5.92 Å². The number of hydrogen-bond acceptors (Lipinski definition) is 3. The maximum atomic E-state index is 5.74. The van der Waals surface area contributed by atoms with Crippen LogP contribution < -0.4 is 15.4 Å². The van der Waals surface area contributed by atoms with Crippen LogP contribution in [0.5, 0.6) is 5.75 Å². The molecule has 0 radical (unpaired) electrons. The van der Waals surface area contributed by atoms with Crippen molar-refractivity contribution in [1.29, 1.82) is 0 Å². The predicted molar refractivity (Wildman–Crippen MR) is 114 cm³/mol. The van der Waals surface area contributed by atoms with Gasteiger partial charge in [0, 0.05) is 25.2 Å². The van der Waals surface area contributed by atoms with E-state index in [1.807, 2.05) is 31.3 Å². The fourth-order valence-electron chi connectivity index (χ4n) is 3.04. The van der Waals surface area contributed by atoms with Crippen LogP contribution in [0.3, 0.4) is 0 Å². The van der Waals surface area contributed by atoms with Crippen molar-refractivity contribution in [1.82, 2.24) is 10.6 Å².